The van der Waals surface area contributed by atoms with Crippen LogP contribution in [0.15, 0.2) is 34.4 Å². The highest BCUT2D eigenvalue weighted by atomic mass is 35.5. The lowest BCUT2D eigenvalue weighted by atomic mass is 9.80. The number of aryl methyl sites for hydroxylation is 2. The minimum atomic E-state index is -1.01. The molecule has 3 aliphatic rings. The number of pyridine rings is 1. The molecular weight excluding hydrogens is 612 g/mol. The second-order valence-electron chi connectivity index (χ2n) is 12.7. The van der Waals surface area contributed by atoms with Gasteiger partial charge < -0.3 is 14.6 Å². The molecule has 1 saturated carbocycles. The number of ether oxygens (including phenoxy) is 2. The summed E-state index contributed by atoms with van der Waals surface area (Å²) in [5, 5.41) is 11.8. The molecule has 45 heavy (non-hydrogen) atoms. The lowest BCUT2D eigenvalue weighted by Crippen LogP contribution is -2.49. The molecule has 0 bridgehead atoms. The molecule has 0 radical (unpaired) electrons. The number of fused-ring (bicyclic) bond motifs is 3. The van der Waals surface area contributed by atoms with Crippen LogP contribution in [0.3, 0.4) is 0 Å². The Bertz CT molecular complexity index is 1860. The zero-order valence-electron chi connectivity index (χ0n) is 25.8. The quantitative estimate of drug-likeness (QED) is 0.247. The Morgan fingerprint density at radius 2 is 1.93 bits per heavy atom. The van der Waals surface area contributed by atoms with E-state index in [0.29, 0.717) is 40.7 Å². The fraction of sp³-hybridized carbons (Fsp3) is 0.471. The Morgan fingerprint density at radius 3 is 2.64 bits per heavy atom. The number of halogens is 1. The van der Waals surface area contributed by atoms with Crippen molar-refractivity contribution < 1.29 is 19.4 Å². The molecule has 11 heteroatoms. The summed E-state index contributed by atoms with van der Waals surface area (Å²) < 4.78 is 14.4. The lowest BCUT2D eigenvalue weighted by Gasteiger charge is -2.41. The predicted molar refractivity (Wildman–Crippen MR) is 175 cm³/mol. The number of thiophene rings is 1. The van der Waals surface area contributed by atoms with Crippen LogP contribution in [0.4, 0.5) is 0 Å². The summed E-state index contributed by atoms with van der Waals surface area (Å²) in [6.07, 6.45) is 6.41. The van der Waals surface area contributed by atoms with Gasteiger partial charge in [-0.2, -0.15) is 0 Å². The van der Waals surface area contributed by atoms with Gasteiger partial charge in [0.15, 0.2) is 0 Å². The van der Waals surface area contributed by atoms with Crippen LogP contribution in [-0.2, 0) is 23.1 Å². The molecule has 0 amide bonds. The van der Waals surface area contributed by atoms with E-state index >= 15 is 0 Å². The van der Waals surface area contributed by atoms with Gasteiger partial charge in [0, 0.05) is 64.4 Å². The first-order valence-corrected chi connectivity index (χ1v) is 16.9. The van der Waals surface area contributed by atoms with Crippen molar-refractivity contribution >= 4 is 39.1 Å². The van der Waals surface area contributed by atoms with Gasteiger partial charge in [-0.15, -0.1) is 11.3 Å². The topological polar surface area (TPSA) is 107 Å². The van der Waals surface area contributed by atoms with E-state index in [1.165, 1.54) is 11.3 Å². The number of hydrogen-bond acceptors (Lipinski definition) is 8. The normalized spacial score (nSPS) is 19.6. The highest BCUT2D eigenvalue weighted by molar-refractivity contribution is 7.18. The summed E-state index contributed by atoms with van der Waals surface area (Å²) in [5.41, 5.74) is 4.87. The second-order valence-corrected chi connectivity index (χ2v) is 14.0. The van der Waals surface area contributed by atoms with E-state index in [2.05, 4.69) is 9.88 Å². The molecular formula is C34H37ClN4O5S. The van der Waals surface area contributed by atoms with Crippen LogP contribution in [0.2, 0.25) is 5.02 Å². The van der Waals surface area contributed by atoms with Crippen LogP contribution in [0.5, 0.6) is 5.75 Å². The van der Waals surface area contributed by atoms with Gasteiger partial charge in [0.2, 0.25) is 0 Å². The van der Waals surface area contributed by atoms with Gasteiger partial charge in [-0.25, -0.2) is 9.78 Å². The molecule has 7 rings (SSSR count). The first-order chi connectivity index (χ1) is 21.7. The molecule has 236 valence electrons. The van der Waals surface area contributed by atoms with Gasteiger partial charge in [-0.1, -0.05) is 11.6 Å². The maximum atomic E-state index is 14.1. The summed E-state index contributed by atoms with van der Waals surface area (Å²) >= 11 is 7.77. The average Bonchev–Trinajstić information content (AvgIpc) is 3.66. The highest BCUT2D eigenvalue weighted by Crippen LogP contribution is 2.55. The number of aromatic carboxylic acids is 1. The Labute approximate surface area is 270 Å². The number of benzene rings is 1. The van der Waals surface area contributed by atoms with Gasteiger partial charge in [-0.3, -0.25) is 19.2 Å². The van der Waals surface area contributed by atoms with Crippen molar-refractivity contribution in [2.75, 3.05) is 26.8 Å². The van der Waals surface area contributed by atoms with Gasteiger partial charge in [0.1, 0.15) is 18.2 Å². The number of hydrogen-bond donors (Lipinski definition) is 1. The third-order valence-corrected chi connectivity index (χ3v) is 11.1. The van der Waals surface area contributed by atoms with Gasteiger partial charge in [-0.05, 0) is 76.6 Å². The molecule has 2 fully saturated rings. The van der Waals surface area contributed by atoms with Crippen molar-refractivity contribution in [3.8, 4) is 16.9 Å². The number of aromatic nitrogens is 3. The molecule has 0 unspecified atom stereocenters. The zero-order chi connectivity index (χ0) is 31.5. The molecule has 3 aromatic heterocycles. The number of likely N-dealkylation sites (tertiary alicyclic amines) is 1. The first kappa shape index (κ1) is 30.3. The average molecular weight is 649 g/mol. The minimum Gasteiger partial charge on any atom is -0.491 e. The van der Waals surface area contributed by atoms with Crippen LogP contribution in [-0.4, -0.2) is 69.5 Å². The Hall–Kier alpha value is -3.31. The van der Waals surface area contributed by atoms with Crippen molar-refractivity contribution in [2.24, 2.45) is 0 Å². The molecule has 1 aromatic carbocycles. The summed E-state index contributed by atoms with van der Waals surface area (Å²) in [5.74, 6) is 0.308. The Kier molecular flexibility index (Phi) is 7.96. The number of carboxylic acid groups (broad SMARTS) is 1. The van der Waals surface area contributed by atoms with Crippen molar-refractivity contribution in [3.05, 3.63) is 73.4 Å². The summed E-state index contributed by atoms with van der Waals surface area (Å²) in [7, 11) is 1.80. The molecule has 1 aliphatic heterocycles. The number of carboxylic acids is 1. The SMILES string of the molecule is COC1CCN([C@H]2Cc3c(nc(C)n(CCOc4ccc(Cl)cc4-c4cc(C)nc5c(C(=O)O)csc45)c3=O)C3(CC3)C2)CC1. The van der Waals surface area contributed by atoms with E-state index in [-0.39, 0.29) is 23.1 Å². The number of piperidine rings is 1. The lowest BCUT2D eigenvalue weighted by molar-refractivity contribution is 0.0226. The van der Waals surface area contributed by atoms with Crippen LogP contribution in [0.25, 0.3) is 21.3 Å². The molecule has 4 aromatic rings. The van der Waals surface area contributed by atoms with Crippen LogP contribution >= 0.6 is 22.9 Å². The third kappa shape index (κ3) is 5.56. The van der Waals surface area contributed by atoms with Crippen molar-refractivity contribution in [2.45, 2.75) is 76.5 Å². The molecule has 9 nitrogen and oxygen atoms in total. The summed E-state index contributed by atoms with van der Waals surface area (Å²) in [6.45, 7) is 6.38. The standard InChI is InChI=1S/C34H37ClN4O5S/c1-19-14-25(30-29(36-19)27(18-45-30)33(41)42)24-15-21(35)4-5-28(24)44-13-12-39-20(2)37-31-26(32(39)40)16-22(17-34(31)8-9-34)38-10-6-23(43-3)7-11-38/h4-5,14-15,18,22-23H,6-13,16-17H2,1-3H3,(H,41,42)/t22-/m0/s1. The maximum absolute atomic E-state index is 14.1. The highest BCUT2D eigenvalue weighted by Gasteiger charge is 2.52. The van der Waals surface area contributed by atoms with Crippen LogP contribution < -0.4 is 10.3 Å². The fourth-order valence-corrected chi connectivity index (χ4v) is 8.53. The minimum absolute atomic E-state index is 0.0460. The Morgan fingerprint density at radius 1 is 1.16 bits per heavy atom. The monoisotopic (exact) mass is 648 g/mol. The van der Waals surface area contributed by atoms with Crippen molar-refractivity contribution in [1.82, 2.24) is 19.4 Å². The molecule has 4 heterocycles. The van der Waals surface area contributed by atoms with E-state index in [0.717, 1.165) is 84.5 Å². The van der Waals surface area contributed by atoms with E-state index in [1.54, 1.807) is 23.1 Å². The number of carbonyl (C=O) groups is 1. The van der Waals surface area contributed by atoms with Gasteiger partial charge in [0.05, 0.1) is 34.1 Å². The molecule has 2 aliphatic carbocycles. The fourth-order valence-electron chi connectivity index (χ4n) is 7.34. The molecule has 1 atom stereocenters. The molecule has 1 spiro atoms. The third-order valence-electron chi connectivity index (χ3n) is 9.89. The smallest absolute Gasteiger partial charge is 0.338 e. The van der Waals surface area contributed by atoms with Crippen molar-refractivity contribution in [3.63, 3.8) is 0 Å². The first-order valence-electron chi connectivity index (χ1n) is 15.6. The number of rotatable bonds is 8. The summed E-state index contributed by atoms with van der Waals surface area (Å²) in [4.78, 5) is 38.0. The van der Waals surface area contributed by atoms with Crippen LogP contribution in [0.1, 0.15) is 65.2 Å². The zero-order valence-corrected chi connectivity index (χ0v) is 27.3. The van der Waals surface area contributed by atoms with Crippen molar-refractivity contribution in [1.29, 1.82) is 0 Å². The number of nitrogens with zero attached hydrogens (tertiary/aromatic N) is 4. The summed E-state index contributed by atoms with van der Waals surface area (Å²) in [6, 6.07) is 7.70. The largest absolute Gasteiger partial charge is 0.491 e. The van der Waals surface area contributed by atoms with Gasteiger partial charge in [0.25, 0.3) is 5.56 Å². The Balaban J connectivity index is 1.15. The van der Waals surface area contributed by atoms with E-state index in [4.69, 9.17) is 26.1 Å². The van der Waals surface area contributed by atoms with E-state index in [1.807, 2.05) is 32.0 Å². The van der Waals surface area contributed by atoms with E-state index < -0.39 is 5.97 Å². The number of methoxy groups -OCH3 is 1. The maximum Gasteiger partial charge on any atom is 0.338 e. The second kappa shape index (κ2) is 11.8. The van der Waals surface area contributed by atoms with E-state index in [9.17, 15) is 14.7 Å². The molecule has 1 saturated heterocycles. The van der Waals surface area contributed by atoms with Gasteiger partial charge >= 0.3 is 5.97 Å². The predicted octanol–water partition coefficient (Wildman–Crippen LogP) is 6.02. The molecule has 1 N–H and O–H groups in total. The van der Waals surface area contributed by atoms with Crippen LogP contribution in [0, 0.1) is 13.8 Å².